The van der Waals surface area contributed by atoms with Gasteiger partial charge in [-0.15, -0.1) is 0 Å². The highest BCUT2D eigenvalue weighted by Crippen LogP contribution is 2.50. The van der Waals surface area contributed by atoms with Gasteiger partial charge in [-0.05, 0) is 115 Å². The van der Waals surface area contributed by atoms with Gasteiger partial charge in [0.2, 0.25) is 0 Å². The first-order valence-corrected chi connectivity index (χ1v) is 13.8. The summed E-state index contributed by atoms with van der Waals surface area (Å²) < 4.78 is 0. The van der Waals surface area contributed by atoms with Crippen molar-refractivity contribution in [3.8, 4) is 11.1 Å². The Morgan fingerprint density at radius 3 is 2.60 bits per heavy atom. The summed E-state index contributed by atoms with van der Waals surface area (Å²) in [4.78, 5) is 0. The molecule has 2 bridgehead atoms. The third-order valence-corrected chi connectivity index (χ3v) is 9.78. The van der Waals surface area contributed by atoms with Crippen LogP contribution >= 0.6 is 0 Å². The zero-order valence-electron chi connectivity index (χ0n) is 21.9. The van der Waals surface area contributed by atoms with Crippen molar-refractivity contribution >= 4 is 6.08 Å². The third kappa shape index (κ3) is 4.10. The van der Waals surface area contributed by atoms with Crippen LogP contribution in [-0.4, -0.2) is 0 Å². The molecule has 0 amide bonds. The van der Waals surface area contributed by atoms with Crippen molar-refractivity contribution < 1.29 is 0 Å². The molecule has 0 spiro atoms. The Kier molecular flexibility index (Phi) is 5.75. The van der Waals surface area contributed by atoms with E-state index in [1.165, 1.54) is 82.2 Å². The first-order valence-electron chi connectivity index (χ1n) is 13.8. The summed E-state index contributed by atoms with van der Waals surface area (Å²) in [6.45, 7) is 15.7. The molecule has 6 rings (SSSR count). The number of fused-ring (bicyclic) bond motifs is 3. The zero-order valence-corrected chi connectivity index (χ0v) is 21.9. The van der Waals surface area contributed by atoms with Crippen molar-refractivity contribution in [3.63, 3.8) is 0 Å². The molecule has 0 heteroatoms. The van der Waals surface area contributed by atoms with Gasteiger partial charge in [-0.25, -0.2) is 0 Å². The molecule has 0 aliphatic heterocycles. The van der Waals surface area contributed by atoms with Crippen LogP contribution in [0.3, 0.4) is 0 Å². The van der Waals surface area contributed by atoms with Crippen molar-refractivity contribution in [1.29, 1.82) is 0 Å². The fourth-order valence-electron chi connectivity index (χ4n) is 7.80. The molecule has 0 radical (unpaired) electrons. The number of rotatable bonds is 5. The molecule has 180 valence electrons. The molecule has 35 heavy (non-hydrogen) atoms. The molecular formula is C35H40. The molecule has 0 nitrogen and oxygen atoms in total. The summed E-state index contributed by atoms with van der Waals surface area (Å²) in [7, 11) is 0. The van der Waals surface area contributed by atoms with Gasteiger partial charge in [0.05, 0.1) is 0 Å². The van der Waals surface area contributed by atoms with E-state index < -0.39 is 0 Å². The molecule has 2 aromatic carbocycles. The van der Waals surface area contributed by atoms with E-state index >= 15 is 0 Å². The highest BCUT2D eigenvalue weighted by Gasteiger charge is 2.39. The minimum atomic E-state index is 0.369. The maximum Gasteiger partial charge on any atom is 0.00826 e. The molecular weight excluding hydrogens is 420 g/mol. The van der Waals surface area contributed by atoms with Gasteiger partial charge in [0.15, 0.2) is 0 Å². The van der Waals surface area contributed by atoms with Crippen LogP contribution in [0.1, 0.15) is 66.8 Å². The topological polar surface area (TPSA) is 0 Å². The third-order valence-electron chi connectivity index (χ3n) is 9.78. The number of allylic oxidation sites excluding steroid dienone is 5. The monoisotopic (exact) mass is 460 g/mol. The van der Waals surface area contributed by atoms with Crippen LogP contribution in [0.2, 0.25) is 0 Å². The van der Waals surface area contributed by atoms with Gasteiger partial charge in [0.1, 0.15) is 0 Å². The maximum atomic E-state index is 4.44. The van der Waals surface area contributed by atoms with Crippen LogP contribution in [0.15, 0.2) is 72.4 Å². The molecule has 4 aliphatic carbocycles. The number of aryl methyl sites for hydroxylation is 2. The zero-order chi connectivity index (χ0) is 24.3. The fourth-order valence-corrected chi connectivity index (χ4v) is 7.80. The van der Waals surface area contributed by atoms with E-state index in [0.717, 1.165) is 30.6 Å². The van der Waals surface area contributed by atoms with Crippen molar-refractivity contribution in [2.75, 3.05) is 0 Å². The smallest absolute Gasteiger partial charge is 0.00826 e. The summed E-state index contributed by atoms with van der Waals surface area (Å²) in [6.07, 6.45) is 16.2. The van der Waals surface area contributed by atoms with Crippen molar-refractivity contribution in [2.45, 2.75) is 65.7 Å². The first kappa shape index (κ1) is 22.8. The summed E-state index contributed by atoms with van der Waals surface area (Å²) in [6, 6.07) is 11.9. The lowest BCUT2D eigenvalue weighted by Gasteiger charge is -2.28. The quantitative estimate of drug-likeness (QED) is 0.390. The number of benzene rings is 2. The van der Waals surface area contributed by atoms with Crippen LogP contribution in [0.25, 0.3) is 17.2 Å². The van der Waals surface area contributed by atoms with Gasteiger partial charge < -0.3 is 0 Å². The largest absolute Gasteiger partial charge is 0.0986 e. The van der Waals surface area contributed by atoms with Gasteiger partial charge in [-0.1, -0.05) is 91.8 Å². The first-order chi connectivity index (χ1) is 16.9. The molecule has 0 heterocycles. The average molecular weight is 461 g/mol. The minimum absolute atomic E-state index is 0.369. The van der Waals surface area contributed by atoms with E-state index in [2.05, 4.69) is 82.5 Å². The standard InChI is InChI=1S/C35H40/c1-21-13-24(4)33(20-30-16-26-11-12-28(30)15-26)35(14-21)31-8-6-7-29-17-27(19-34(29)31)18-32-23(3)10-9-22(2)25(32)5/h6-10,13-14,17,22,26,28,30,32H,3,5,11-12,15-16,18-20H2,1-2,4H3/t22?,26-,28+,30-,32?/m1/s1. The lowest BCUT2D eigenvalue weighted by molar-refractivity contribution is 0.331. The Morgan fingerprint density at radius 1 is 0.971 bits per heavy atom. The minimum Gasteiger partial charge on any atom is -0.0986 e. The highest BCUT2D eigenvalue weighted by molar-refractivity contribution is 5.80. The van der Waals surface area contributed by atoms with Crippen molar-refractivity contribution in [2.24, 2.45) is 29.6 Å². The Balaban J connectivity index is 1.31. The molecule has 2 unspecified atom stereocenters. The second kappa shape index (κ2) is 8.81. The molecule has 2 saturated carbocycles. The Bertz CT molecular complexity index is 1270. The predicted molar refractivity (Wildman–Crippen MR) is 150 cm³/mol. The average Bonchev–Trinajstić information content (AvgIpc) is 3.56. The molecule has 0 saturated heterocycles. The van der Waals surface area contributed by atoms with Gasteiger partial charge >= 0.3 is 0 Å². The molecule has 2 aromatic rings. The number of hydrogen-bond acceptors (Lipinski definition) is 0. The van der Waals surface area contributed by atoms with Gasteiger partial charge in [0, 0.05) is 5.92 Å². The van der Waals surface area contributed by atoms with Crippen LogP contribution in [0.5, 0.6) is 0 Å². The van der Waals surface area contributed by atoms with Gasteiger partial charge in [-0.3, -0.25) is 0 Å². The Morgan fingerprint density at radius 2 is 1.83 bits per heavy atom. The SMILES string of the molecule is C=C1C=CC(C)C(=C)C1CC1=Cc2cccc(-c3cc(C)cc(C)c3C[C@H]3C[C@@H]4CC[C@H]3C4)c2C1. The van der Waals surface area contributed by atoms with Crippen molar-refractivity contribution in [3.05, 3.63) is 100 Å². The van der Waals surface area contributed by atoms with Gasteiger partial charge in [0.25, 0.3) is 0 Å². The van der Waals surface area contributed by atoms with E-state index in [-0.39, 0.29) is 0 Å². The Hall–Kier alpha value is -2.60. The molecule has 0 N–H and O–H groups in total. The summed E-state index contributed by atoms with van der Waals surface area (Å²) >= 11 is 0. The van der Waals surface area contributed by atoms with Crippen LogP contribution < -0.4 is 0 Å². The normalized spacial score (nSPS) is 29.1. The van der Waals surface area contributed by atoms with E-state index in [1.807, 2.05) is 0 Å². The second-order valence-electron chi connectivity index (χ2n) is 12.2. The van der Waals surface area contributed by atoms with E-state index in [0.29, 0.717) is 11.8 Å². The van der Waals surface area contributed by atoms with Crippen LogP contribution in [-0.2, 0) is 12.8 Å². The molecule has 2 fully saturated rings. The van der Waals surface area contributed by atoms with Crippen molar-refractivity contribution in [1.82, 2.24) is 0 Å². The van der Waals surface area contributed by atoms with Gasteiger partial charge in [-0.2, -0.15) is 0 Å². The van der Waals surface area contributed by atoms with E-state index in [9.17, 15) is 0 Å². The summed E-state index contributed by atoms with van der Waals surface area (Å²) in [5.41, 5.74) is 14.5. The molecule has 5 atom stereocenters. The number of hydrogen-bond donors (Lipinski definition) is 0. The highest BCUT2D eigenvalue weighted by atomic mass is 14.4. The predicted octanol–water partition coefficient (Wildman–Crippen LogP) is 9.21. The lowest BCUT2D eigenvalue weighted by Crippen LogP contribution is -2.15. The summed E-state index contributed by atoms with van der Waals surface area (Å²) in [5.74, 6) is 3.67. The lowest BCUT2D eigenvalue weighted by atomic mass is 9.77. The van der Waals surface area contributed by atoms with Crippen LogP contribution in [0.4, 0.5) is 0 Å². The maximum absolute atomic E-state index is 4.44. The Labute approximate surface area is 212 Å². The van der Waals surface area contributed by atoms with E-state index in [4.69, 9.17) is 0 Å². The second-order valence-corrected chi connectivity index (χ2v) is 12.2. The summed E-state index contributed by atoms with van der Waals surface area (Å²) in [5, 5.41) is 0. The fraction of sp³-hybridized carbons (Fsp3) is 0.429. The molecule has 0 aromatic heterocycles. The van der Waals surface area contributed by atoms with Crippen LogP contribution in [0, 0.1) is 43.4 Å². The molecule has 4 aliphatic rings. The van der Waals surface area contributed by atoms with E-state index in [1.54, 1.807) is 5.56 Å².